The first-order valence-electron chi connectivity index (χ1n) is 5.25. The van der Waals surface area contributed by atoms with Crippen LogP contribution in [0.1, 0.15) is 29.6 Å². The molecule has 0 spiro atoms. The van der Waals surface area contributed by atoms with E-state index in [-0.39, 0.29) is 11.5 Å². The first kappa shape index (κ1) is 12.9. The second-order valence-electron chi connectivity index (χ2n) is 3.88. The van der Waals surface area contributed by atoms with Crippen LogP contribution in [0.25, 0.3) is 0 Å². The molecule has 0 bridgehead atoms. The molecule has 1 aromatic rings. The number of rotatable bonds is 6. The topological polar surface area (TPSA) is 51.2 Å². The molecule has 3 nitrogen and oxygen atoms in total. The molecule has 0 radical (unpaired) electrons. The van der Waals surface area contributed by atoms with Crippen molar-refractivity contribution in [3.05, 3.63) is 35.9 Å². The molecule has 4 heteroatoms. The third-order valence-electron chi connectivity index (χ3n) is 2.26. The van der Waals surface area contributed by atoms with Crippen LogP contribution in [0, 0.1) is 0 Å². The lowest BCUT2D eigenvalue weighted by Crippen LogP contribution is -2.04. The maximum Gasteiger partial charge on any atom is 0.162 e. The maximum atomic E-state index is 11.6. The first-order chi connectivity index (χ1) is 7.49. The zero-order chi connectivity index (χ0) is 12.0. The summed E-state index contributed by atoms with van der Waals surface area (Å²) in [5, 5.41) is 0. The van der Waals surface area contributed by atoms with Crippen LogP contribution < -0.4 is 0 Å². The van der Waals surface area contributed by atoms with Crippen molar-refractivity contribution in [2.24, 2.45) is 0 Å². The summed E-state index contributed by atoms with van der Waals surface area (Å²) in [5.74, 6) is 0.240. The van der Waals surface area contributed by atoms with Gasteiger partial charge in [0.2, 0.25) is 0 Å². The van der Waals surface area contributed by atoms with E-state index in [9.17, 15) is 13.2 Å². The van der Waals surface area contributed by atoms with E-state index < -0.39 is 9.84 Å². The number of hydrogen-bond acceptors (Lipinski definition) is 3. The molecule has 0 saturated carbocycles. The van der Waals surface area contributed by atoms with Gasteiger partial charge in [0.25, 0.3) is 0 Å². The summed E-state index contributed by atoms with van der Waals surface area (Å²) in [5.41, 5.74) is 0.696. The molecular formula is C12H16O3S. The van der Waals surface area contributed by atoms with Gasteiger partial charge in [0.05, 0.1) is 0 Å². The highest BCUT2D eigenvalue weighted by Crippen LogP contribution is 2.07. The Balaban J connectivity index is 2.32. The Morgan fingerprint density at radius 3 is 2.31 bits per heavy atom. The molecule has 0 aromatic heterocycles. The molecule has 1 aromatic carbocycles. The van der Waals surface area contributed by atoms with E-state index in [1.54, 1.807) is 12.1 Å². The summed E-state index contributed by atoms with van der Waals surface area (Å²) in [4.78, 5) is 11.6. The second-order valence-corrected chi connectivity index (χ2v) is 6.14. The fourth-order valence-electron chi connectivity index (χ4n) is 1.42. The maximum absolute atomic E-state index is 11.6. The molecule has 88 valence electrons. The van der Waals surface area contributed by atoms with Crippen LogP contribution in [0.2, 0.25) is 0 Å². The van der Waals surface area contributed by atoms with Gasteiger partial charge in [0.15, 0.2) is 5.78 Å². The predicted octanol–water partition coefficient (Wildman–Crippen LogP) is 2.08. The van der Waals surface area contributed by atoms with E-state index in [4.69, 9.17) is 0 Å². The van der Waals surface area contributed by atoms with Crippen molar-refractivity contribution in [2.75, 3.05) is 12.0 Å². The van der Waals surface area contributed by atoms with Gasteiger partial charge < -0.3 is 0 Å². The average molecular weight is 240 g/mol. The Hall–Kier alpha value is -1.16. The summed E-state index contributed by atoms with van der Waals surface area (Å²) in [6.45, 7) is 0. The molecule has 16 heavy (non-hydrogen) atoms. The van der Waals surface area contributed by atoms with Crippen molar-refractivity contribution in [3.63, 3.8) is 0 Å². The number of Topliss-reactive ketones (excluding diaryl/α,β-unsaturated/α-hetero) is 1. The molecule has 0 N–H and O–H groups in total. The van der Waals surface area contributed by atoms with Crippen molar-refractivity contribution in [2.45, 2.75) is 19.3 Å². The van der Waals surface area contributed by atoms with Crippen LogP contribution in [0.15, 0.2) is 30.3 Å². The second kappa shape index (κ2) is 5.80. The van der Waals surface area contributed by atoms with Crippen molar-refractivity contribution in [1.82, 2.24) is 0 Å². The number of sulfone groups is 1. The lowest BCUT2D eigenvalue weighted by Gasteiger charge is -2.00. The SMILES string of the molecule is CS(=O)(=O)CCCCC(=O)c1ccccc1. The normalized spacial score (nSPS) is 11.3. The van der Waals surface area contributed by atoms with Gasteiger partial charge >= 0.3 is 0 Å². The van der Waals surface area contributed by atoms with Crippen LogP contribution in [0.5, 0.6) is 0 Å². The van der Waals surface area contributed by atoms with Crippen molar-refractivity contribution in [3.8, 4) is 0 Å². The summed E-state index contributed by atoms with van der Waals surface area (Å²) in [6, 6.07) is 9.06. The quantitative estimate of drug-likeness (QED) is 0.565. The van der Waals surface area contributed by atoms with E-state index in [2.05, 4.69) is 0 Å². The van der Waals surface area contributed by atoms with E-state index >= 15 is 0 Å². The fourth-order valence-corrected chi connectivity index (χ4v) is 2.15. The smallest absolute Gasteiger partial charge is 0.162 e. The van der Waals surface area contributed by atoms with Crippen molar-refractivity contribution < 1.29 is 13.2 Å². The highest BCUT2D eigenvalue weighted by atomic mass is 32.2. The Morgan fingerprint density at radius 1 is 1.12 bits per heavy atom. The van der Waals surface area contributed by atoms with E-state index in [0.29, 0.717) is 24.8 Å². The number of carbonyl (C=O) groups is 1. The first-order valence-corrected chi connectivity index (χ1v) is 7.31. The van der Waals surface area contributed by atoms with Crippen LogP contribution in [0.3, 0.4) is 0 Å². The van der Waals surface area contributed by atoms with Gasteiger partial charge in [0, 0.05) is 24.0 Å². The van der Waals surface area contributed by atoms with Gasteiger partial charge in [-0.3, -0.25) is 4.79 Å². The molecule has 0 amide bonds. The molecule has 0 aliphatic rings. The summed E-state index contributed by atoms with van der Waals surface area (Å²) < 4.78 is 21.7. The molecule has 0 heterocycles. The molecule has 0 atom stereocenters. The number of benzene rings is 1. The molecule has 0 fully saturated rings. The lowest BCUT2D eigenvalue weighted by molar-refractivity contribution is 0.0980. The predicted molar refractivity (Wildman–Crippen MR) is 64.3 cm³/mol. The Bertz CT molecular complexity index is 435. The molecule has 0 unspecified atom stereocenters. The van der Waals surface area contributed by atoms with E-state index in [0.717, 1.165) is 0 Å². The number of unbranched alkanes of at least 4 members (excludes halogenated alkanes) is 1. The van der Waals surface area contributed by atoms with Gasteiger partial charge in [-0.15, -0.1) is 0 Å². The van der Waals surface area contributed by atoms with E-state index in [1.807, 2.05) is 18.2 Å². The molecule has 0 saturated heterocycles. The van der Waals surface area contributed by atoms with Crippen molar-refractivity contribution >= 4 is 15.6 Å². The Labute approximate surface area is 96.4 Å². The zero-order valence-electron chi connectivity index (χ0n) is 9.35. The van der Waals surface area contributed by atoms with Crippen LogP contribution in [0.4, 0.5) is 0 Å². The van der Waals surface area contributed by atoms with Crippen LogP contribution in [-0.4, -0.2) is 26.2 Å². The Morgan fingerprint density at radius 2 is 1.75 bits per heavy atom. The molecule has 0 aliphatic carbocycles. The zero-order valence-corrected chi connectivity index (χ0v) is 10.2. The number of carbonyl (C=O) groups excluding carboxylic acids is 1. The van der Waals surface area contributed by atoms with Crippen LogP contribution >= 0.6 is 0 Å². The molecule has 1 rings (SSSR count). The summed E-state index contributed by atoms with van der Waals surface area (Å²) >= 11 is 0. The Kier molecular flexibility index (Phi) is 4.68. The van der Waals surface area contributed by atoms with Gasteiger partial charge in [-0.25, -0.2) is 8.42 Å². The summed E-state index contributed by atoms with van der Waals surface area (Å²) in [7, 11) is -2.90. The minimum atomic E-state index is -2.90. The van der Waals surface area contributed by atoms with Crippen LogP contribution in [-0.2, 0) is 9.84 Å². The van der Waals surface area contributed by atoms with Gasteiger partial charge in [0.1, 0.15) is 9.84 Å². The minimum absolute atomic E-state index is 0.0779. The third-order valence-corrected chi connectivity index (χ3v) is 3.29. The monoisotopic (exact) mass is 240 g/mol. The molecular weight excluding hydrogens is 224 g/mol. The highest BCUT2D eigenvalue weighted by Gasteiger charge is 2.06. The molecule has 0 aliphatic heterocycles. The fraction of sp³-hybridized carbons (Fsp3) is 0.417. The third kappa shape index (κ3) is 5.07. The van der Waals surface area contributed by atoms with Gasteiger partial charge in [-0.05, 0) is 12.8 Å². The number of hydrogen-bond donors (Lipinski definition) is 0. The summed E-state index contributed by atoms with van der Waals surface area (Å²) in [6.07, 6.45) is 2.81. The minimum Gasteiger partial charge on any atom is -0.294 e. The average Bonchev–Trinajstić information content (AvgIpc) is 2.24. The lowest BCUT2D eigenvalue weighted by atomic mass is 10.1. The van der Waals surface area contributed by atoms with Gasteiger partial charge in [-0.2, -0.15) is 0 Å². The standard InChI is InChI=1S/C12H16O3S/c1-16(14,15)10-6-5-9-12(13)11-7-3-2-4-8-11/h2-4,7-8H,5-6,9-10H2,1H3. The number of ketones is 1. The largest absolute Gasteiger partial charge is 0.294 e. The highest BCUT2D eigenvalue weighted by molar-refractivity contribution is 7.90. The van der Waals surface area contributed by atoms with Crippen molar-refractivity contribution in [1.29, 1.82) is 0 Å². The van der Waals surface area contributed by atoms with E-state index in [1.165, 1.54) is 6.26 Å². The van der Waals surface area contributed by atoms with Gasteiger partial charge in [-0.1, -0.05) is 30.3 Å².